The Kier molecular flexibility index (Phi) is 5.89. The van der Waals surface area contributed by atoms with Crippen LogP contribution in [0.3, 0.4) is 0 Å². The number of allylic oxidation sites excluding steroid dienone is 3. The van der Waals surface area contributed by atoms with E-state index in [-0.39, 0.29) is 0 Å². The van der Waals surface area contributed by atoms with Crippen LogP contribution < -0.4 is 0 Å². The van der Waals surface area contributed by atoms with E-state index in [9.17, 15) is 0 Å². The zero-order valence-electron chi connectivity index (χ0n) is 6.82. The van der Waals surface area contributed by atoms with Gasteiger partial charge in [0, 0.05) is 13.3 Å². The van der Waals surface area contributed by atoms with Crippen LogP contribution in [0.2, 0.25) is 0 Å². The molecule has 0 aromatic rings. The predicted molar refractivity (Wildman–Crippen MR) is 48.2 cm³/mol. The molecular formula is C8H12N2O. The molecule has 3 heteroatoms. The van der Waals surface area contributed by atoms with Crippen LogP contribution >= 0.6 is 0 Å². The summed E-state index contributed by atoms with van der Waals surface area (Å²) >= 11 is 0. The highest BCUT2D eigenvalue weighted by Gasteiger charge is 1.81. The highest BCUT2D eigenvalue weighted by Crippen LogP contribution is 1.89. The van der Waals surface area contributed by atoms with Crippen molar-refractivity contribution < 1.29 is 4.84 Å². The summed E-state index contributed by atoms with van der Waals surface area (Å²) in [5.74, 6) is 0. The molecule has 0 aromatic carbocycles. The molecule has 0 amide bonds. The van der Waals surface area contributed by atoms with Gasteiger partial charge in [-0.05, 0) is 11.6 Å². The Bertz CT molecular complexity index is 192. The van der Waals surface area contributed by atoms with Crippen LogP contribution in [0, 0.1) is 0 Å². The van der Waals surface area contributed by atoms with Crippen molar-refractivity contribution in [2.24, 2.45) is 10.1 Å². The van der Waals surface area contributed by atoms with Crippen molar-refractivity contribution >= 4 is 12.4 Å². The van der Waals surface area contributed by atoms with Gasteiger partial charge in [0.25, 0.3) is 0 Å². The Balaban J connectivity index is 4.15. The SMILES string of the molecule is C=CC(/C=N/OC)=C\C=NC. The highest BCUT2D eigenvalue weighted by atomic mass is 16.6. The molecular weight excluding hydrogens is 140 g/mol. The zero-order chi connectivity index (χ0) is 8.53. The van der Waals surface area contributed by atoms with Gasteiger partial charge in [-0.3, -0.25) is 4.99 Å². The molecule has 0 bridgehead atoms. The largest absolute Gasteiger partial charge is 0.399 e. The Morgan fingerprint density at radius 3 is 2.73 bits per heavy atom. The monoisotopic (exact) mass is 152 g/mol. The maximum atomic E-state index is 4.49. The summed E-state index contributed by atoms with van der Waals surface area (Å²) in [5.41, 5.74) is 0.859. The van der Waals surface area contributed by atoms with E-state index < -0.39 is 0 Å². The molecule has 0 atom stereocenters. The predicted octanol–water partition coefficient (Wildman–Crippen LogP) is 1.43. The minimum atomic E-state index is 0.859. The Morgan fingerprint density at radius 2 is 2.27 bits per heavy atom. The topological polar surface area (TPSA) is 34.0 Å². The molecule has 0 aliphatic rings. The minimum Gasteiger partial charge on any atom is -0.399 e. The number of aliphatic imine (C=N–C) groups is 1. The smallest absolute Gasteiger partial charge is 0.106 e. The second kappa shape index (κ2) is 6.74. The second-order valence-corrected chi connectivity index (χ2v) is 1.70. The average molecular weight is 152 g/mol. The molecule has 60 valence electrons. The van der Waals surface area contributed by atoms with Crippen molar-refractivity contribution in [2.45, 2.75) is 0 Å². The van der Waals surface area contributed by atoms with Gasteiger partial charge in [-0.1, -0.05) is 17.8 Å². The molecule has 0 aliphatic heterocycles. The molecule has 0 radical (unpaired) electrons. The first-order chi connectivity index (χ1) is 5.35. The number of oxime groups is 1. The maximum absolute atomic E-state index is 4.49. The second-order valence-electron chi connectivity index (χ2n) is 1.70. The van der Waals surface area contributed by atoms with Gasteiger partial charge in [-0.2, -0.15) is 0 Å². The fourth-order valence-electron chi connectivity index (χ4n) is 0.438. The van der Waals surface area contributed by atoms with E-state index in [1.807, 2.05) is 0 Å². The fraction of sp³-hybridized carbons (Fsp3) is 0.250. The first-order valence-electron chi connectivity index (χ1n) is 3.16. The Hall–Kier alpha value is -1.38. The zero-order valence-corrected chi connectivity index (χ0v) is 6.82. The summed E-state index contributed by atoms with van der Waals surface area (Å²) in [6.07, 6.45) is 6.69. The van der Waals surface area contributed by atoms with Crippen LogP contribution in [0.4, 0.5) is 0 Å². The summed E-state index contributed by atoms with van der Waals surface area (Å²) in [7, 11) is 3.19. The van der Waals surface area contributed by atoms with E-state index in [1.54, 1.807) is 31.6 Å². The lowest BCUT2D eigenvalue weighted by Gasteiger charge is -1.87. The van der Waals surface area contributed by atoms with Gasteiger partial charge in [-0.25, -0.2) is 0 Å². The summed E-state index contributed by atoms with van der Waals surface area (Å²) < 4.78 is 0. The first-order valence-corrected chi connectivity index (χ1v) is 3.16. The van der Waals surface area contributed by atoms with E-state index in [2.05, 4.69) is 21.6 Å². The summed E-state index contributed by atoms with van der Waals surface area (Å²) in [6.45, 7) is 3.59. The van der Waals surface area contributed by atoms with Crippen LogP contribution in [-0.4, -0.2) is 26.6 Å². The lowest BCUT2D eigenvalue weighted by atomic mass is 10.3. The third kappa shape index (κ3) is 5.08. The molecule has 0 spiro atoms. The van der Waals surface area contributed by atoms with Gasteiger partial charge in [-0.15, -0.1) is 0 Å². The lowest BCUT2D eigenvalue weighted by molar-refractivity contribution is 0.215. The van der Waals surface area contributed by atoms with Gasteiger partial charge in [0.1, 0.15) is 7.11 Å². The number of nitrogens with zero attached hydrogens (tertiary/aromatic N) is 2. The molecule has 0 unspecified atom stereocenters. The summed E-state index contributed by atoms with van der Waals surface area (Å²) in [6, 6.07) is 0. The van der Waals surface area contributed by atoms with Crippen LogP contribution in [0.5, 0.6) is 0 Å². The average Bonchev–Trinajstić information content (AvgIpc) is 2.05. The van der Waals surface area contributed by atoms with Crippen molar-refractivity contribution in [3.63, 3.8) is 0 Å². The van der Waals surface area contributed by atoms with Crippen molar-refractivity contribution in [3.05, 3.63) is 24.3 Å². The van der Waals surface area contributed by atoms with Crippen molar-refractivity contribution in [1.29, 1.82) is 0 Å². The van der Waals surface area contributed by atoms with Crippen molar-refractivity contribution in [3.8, 4) is 0 Å². The fourth-order valence-corrected chi connectivity index (χ4v) is 0.438. The third-order valence-corrected chi connectivity index (χ3v) is 0.959. The molecule has 0 saturated heterocycles. The summed E-state index contributed by atoms with van der Waals surface area (Å²) in [5, 5.41) is 3.57. The van der Waals surface area contributed by atoms with E-state index >= 15 is 0 Å². The first kappa shape index (κ1) is 9.62. The van der Waals surface area contributed by atoms with Gasteiger partial charge >= 0.3 is 0 Å². The van der Waals surface area contributed by atoms with Crippen LogP contribution in [-0.2, 0) is 4.84 Å². The number of hydrogen-bond donors (Lipinski definition) is 0. The Labute approximate surface area is 66.8 Å². The molecule has 0 fully saturated rings. The Morgan fingerprint density at radius 1 is 1.55 bits per heavy atom. The minimum absolute atomic E-state index is 0.859. The third-order valence-electron chi connectivity index (χ3n) is 0.959. The molecule has 3 nitrogen and oxygen atoms in total. The van der Waals surface area contributed by atoms with E-state index in [1.165, 1.54) is 7.11 Å². The molecule has 0 rings (SSSR count). The maximum Gasteiger partial charge on any atom is 0.106 e. The van der Waals surface area contributed by atoms with Crippen molar-refractivity contribution in [1.82, 2.24) is 0 Å². The van der Waals surface area contributed by atoms with Gasteiger partial charge in [0.2, 0.25) is 0 Å². The van der Waals surface area contributed by atoms with Crippen molar-refractivity contribution in [2.75, 3.05) is 14.2 Å². The molecule has 0 N–H and O–H groups in total. The van der Waals surface area contributed by atoms with Crippen LogP contribution in [0.1, 0.15) is 0 Å². The highest BCUT2D eigenvalue weighted by molar-refractivity contribution is 5.88. The number of rotatable bonds is 4. The van der Waals surface area contributed by atoms with E-state index in [0.29, 0.717) is 0 Å². The molecule has 0 saturated carbocycles. The van der Waals surface area contributed by atoms with Gasteiger partial charge < -0.3 is 4.84 Å². The molecule has 0 heterocycles. The quantitative estimate of drug-likeness (QED) is 0.341. The van der Waals surface area contributed by atoms with Gasteiger partial charge in [0.15, 0.2) is 0 Å². The van der Waals surface area contributed by atoms with Crippen LogP contribution in [0.15, 0.2) is 34.5 Å². The number of hydrogen-bond acceptors (Lipinski definition) is 3. The summed E-state index contributed by atoms with van der Waals surface area (Å²) in [4.78, 5) is 8.27. The molecule has 11 heavy (non-hydrogen) atoms. The van der Waals surface area contributed by atoms with Gasteiger partial charge in [0.05, 0.1) is 6.21 Å². The van der Waals surface area contributed by atoms with E-state index in [4.69, 9.17) is 0 Å². The van der Waals surface area contributed by atoms with Crippen LogP contribution in [0.25, 0.3) is 0 Å². The molecule has 0 aliphatic carbocycles. The lowest BCUT2D eigenvalue weighted by Crippen LogP contribution is -1.81. The molecule has 0 aromatic heterocycles. The standard InChI is InChI=1S/C8H12N2O/c1-4-8(5-6-9-2)7-10-11-3/h4-7H,1H2,2-3H3/b8-5+,9-6?,10-7+. The van der Waals surface area contributed by atoms with E-state index in [0.717, 1.165) is 5.57 Å². The normalized spacial score (nSPS) is 12.7.